The van der Waals surface area contributed by atoms with Gasteiger partial charge in [-0.3, -0.25) is 10.2 Å². The Morgan fingerprint density at radius 3 is 1.81 bits per heavy atom. The van der Waals surface area contributed by atoms with Crippen molar-refractivity contribution in [2.45, 2.75) is 19.9 Å². The highest BCUT2D eigenvalue weighted by atomic mass is 32.1. The number of piperazine rings is 1. The normalized spacial score (nSPS) is 14.0. The molecule has 1 aliphatic heterocycles. The molecule has 43 heavy (non-hydrogen) atoms. The molecule has 0 amide bonds. The lowest BCUT2D eigenvalue weighted by molar-refractivity contribution is 0.150. The Bertz CT molecular complexity index is 1480. The molecule has 222 valence electrons. The maximum absolute atomic E-state index is 5.70. The lowest BCUT2D eigenvalue weighted by Crippen LogP contribution is -2.52. The van der Waals surface area contributed by atoms with Crippen molar-refractivity contribution >= 4 is 34.9 Å². The molecule has 0 saturated carbocycles. The zero-order valence-electron chi connectivity index (χ0n) is 24.9. The third-order valence-corrected chi connectivity index (χ3v) is 7.42. The number of guanidine groups is 1. The standard InChI is InChI=1S/C33H37N7O2S/c1-23-19-24(2)35-31(34-23)37-32(38-33(43)36-27-20-28(41-3)22-29(21-27)42-4)40-17-15-39(16-18-40)30(25-11-7-5-8-12-25)26-13-9-6-10-14-26/h5-14,19-22,30H,15-18H2,1-4H3,(H2,34,35,36,37,38,43). The predicted octanol–water partition coefficient (Wildman–Crippen LogP) is 5.68. The van der Waals surface area contributed by atoms with Crippen molar-refractivity contribution in [3.63, 3.8) is 0 Å². The number of nitrogens with one attached hydrogen (secondary N) is 2. The Morgan fingerprint density at radius 1 is 0.767 bits per heavy atom. The smallest absolute Gasteiger partial charge is 0.229 e. The second kappa shape index (κ2) is 14.1. The summed E-state index contributed by atoms with van der Waals surface area (Å²) >= 11 is 5.70. The van der Waals surface area contributed by atoms with Gasteiger partial charge in [0.1, 0.15) is 11.5 Å². The number of aromatic nitrogens is 2. The van der Waals surface area contributed by atoms with Crippen LogP contribution in [-0.2, 0) is 0 Å². The Kier molecular flexibility index (Phi) is 9.81. The van der Waals surface area contributed by atoms with Crippen LogP contribution >= 0.6 is 12.2 Å². The summed E-state index contributed by atoms with van der Waals surface area (Å²) in [6.45, 7) is 7.04. The van der Waals surface area contributed by atoms with Crippen molar-refractivity contribution in [2.75, 3.05) is 51.0 Å². The number of thiocarbonyl (C=S) groups is 1. The van der Waals surface area contributed by atoms with Crippen LogP contribution in [0.25, 0.3) is 0 Å². The summed E-state index contributed by atoms with van der Waals surface area (Å²) in [6, 6.07) is 28.9. The molecule has 1 saturated heterocycles. The molecule has 2 heterocycles. The van der Waals surface area contributed by atoms with Crippen LogP contribution < -0.4 is 20.1 Å². The molecule has 4 aromatic rings. The van der Waals surface area contributed by atoms with E-state index in [1.807, 2.05) is 32.0 Å². The first-order valence-corrected chi connectivity index (χ1v) is 14.6. The molecule has 0 aliphatic carbocycles. The van der Waals surface area contributed by atoms with Gasteiger partial charge in [0.2, 0.25) is 17.0 Å². The molecule has 1 fully saturated rings. The summed E-state index contributed by atoms with van der Waals surface area (Å²) in [6.07, 6.45) is 0. The largest absolute Gasteiger partial charge is 0.497 e. The van der Waals surface area contributed by atoms with Gasteiger partial charge in [-0.2, -0.15) is 4.99 Å². The predicted molar refractivity (Wildman–Crippen MR) is 176 cm³/mol. The molecule has 5 rings (SSSR count). The summed E-state index contributed by atoms with van der Waals surface area (Å²) in [5.41, 5.74) is 5.01. The number of anilines is 2. The fourth-order valence-electron chi connectivity index (χ4n) is 5.26. The van der Waals surface area contributed by atoms with Gasteiger partial charge in [-0.1, -0.05) is 60.7 Å². The molecule has 0 unspecified atom stereocenters. The number of hydrogen-bond donors (Lipinski definition) is 2. The van der Waals surface area contributed by atoms with E-state index < -0.39 is 0 Å². The second-order valence-electron chi connectivity index (χ2n) is 10.3. The third-order valence-electron chi connectivity index (χ3n) is 7.23. The first-order valence-electron chi connectivity index (χ1n) is 14.2. The molecule has 1 aliphatic rings. The van der Waals surface area contributed by atoms with Gasteiger partial charge in [0.25, 0.3) is 0 Å². The van der Waals surface area contributed by atoms with Crippen molar-refractivity contribution in [3.05, 3.63) is 107 Å². The Hall–Kier alpha value is -4.54. The maximum atomic E-state index is 5.70. The zero-order chi connectivity index (χ0) is 30.2. The van der Waals surface area contributed by atoms with E-state index >= 15 is 0 Å². The van der Waals surface area contributed by atoms with Crippen molar-refractivity contribution in [1.82, 2.24) is 19.8 Å². The monoisotopic (exact) mass is 595 g/mol. The molecule has 1 aromatic heterocycles. The SMILES string of the molecule is COc1cc(NC(=S)/N=C(/Nc2nc(C)cc(C)n2)N2CCN(C(c3ccccc3)c3ccccc3)CC2)cc(OC)c1. The van der Waals surface area contributed by atoms with E-state index in [1.54, 1.807) is 20.3 Å². The zero-order valence-corrected chi connectivity index (χ0v) is 25.8. The van der Waals surface area contributed by atoms with E-state index in [9.17, 15) is 0 Å². The third kappa shape index (κ3) is 7.85. The lowest BCUT2D eigenvalue weighted by Gasteiger charge is -2.40. The minimum atomic E-state index is 0.159. The summed E-state index contributed by atoms with van der Waals surface area (Å²) in [5.74, 6) is 2.38. The van der Waals surface area contributed by atoms with Crippen LogP contribution in [-0.4, -0.2) is 71.2 Å². The van der Waals surface area contributed by atoms with Gasteiger partial charge in [-0.05, 0) is 43.3 Å². The van der Waals surface area contributed by atoms with Crippen molar-refractivity contribution in [3.8, 4) is 11.5 Å². The molecule has 0 bridgehead atoms. The van der Waals surface area contributed by atoms with Crippen LogP contribution in [0.2, 0.25) is 0 Å². The molecular formula is C33H37N7O2S. The first-order chi connectivity index (χ1) is 20.9. The van der Waals surface area contributed by atoms with Crippen molar-refractivity contribution < 1.29 is 9.47 Å². The highest BCUT2D eigenvalue weighted by Gasteiger charge is 2.28. The minimum absolute atomic E-state index is 0.159. The van der Waals surface area contributed by atoms with Gasteiger partial charge in [0.05, 0.1) is 20.3 Å². The highest BCUT2D eigenvalue weighted by molar-refractivity contribution is 7.80. The number of aryl methyl sites for hydroxylation is 2. The second-order valence-corrected chi connectivity index (χ2v) is 10.7. The Balaban J connectivity index is 1.39. The van der Waals surface area contributed by atoms with Gasteiger partial charge in [0.15, 0.2) is 0 Å². The fraction of sp³-hybridized carbons (Fsp3) is 0.273. The average Bonchev–Trinajstić information content (AvgIpc) is 3.01. The van der Waals surface area contributed by atoms with Crippen LogP contribution in [0, 0.1) is 13.8 Å². The number of rotatable bonds is 7. The highest BCUT2D eigenvalue weighted by Crippen LogP contribution is 2.30. The Morgan fingerprint density at radius 2 is 1.30 bits per heavy atom. The van der Waals surface area contributed by atoms with Crippen LogP contribution in [0.15, 0.2) is 89.9 Å². The quantitative estimate of drug-likeness (QED) is 0.159. The first kappa shape index (κ1) is 29.9. The number of aliphatic imine (C=N–C) groups is 1. The molecule has 0 radical (unpaired) electrons. The number of methoxy groups -OCH3 is 2. The molecule has 0 atom stereocenters. The van der Waals surface area contributed by atoms with Crippen LogP contribution in [0.4, 0.5) is 11.6 Å². The van der Waals surface area contributed by atoms with Crippen LogP contribution in [0.5, 0.6) is 11.5 Å². The summed E-state index contributed by atoms with van der Waals surface area (Å²) < 4.78 is 10.8. The van der Waals surface area contributed by atoms with E-state index in [2.05, 4.69) is 91.1 Å². The molecule has 10 heteroatoms. The topological polar surface area (TPSA) is 87.1 Å². The van der Waals surface area contributed by atoms with E-state index in [0.29, 0.717) is 29.1 Å². The molecule has 0 spiro atoms. The maximum Gasteiger partial charge on any atom is 0.229 e. The molecular weight excluding hydrogens is 558 g/mol. The van der Waals surface area contributed by atoms with Crippen molar-refractivity contribution in [2.24, 2.45) is 4.99 Å². The molecule has 2 N–H and O–H groups in total. The van der Waals surface area contributed by atoms with Gasteiger partial charge < -0.3 is 19.7 Å². The van der Waals surface area contributed by atoms with Gasteiger partial charge in [-0.25, -0.2) is 9.97 Å². The average molecular weight is 596 g/mol. The summed E-state index contributed by atoms with van der Waals surface area (Å²) in [5, 5.41) is 6.85. The number of nitrogens with zero attached hydrogens (tertiary/aromatic N) is 5. The van der Waals surface area contributed by atoms with Gasteiger partial charge >= 0.3 is 0 Å². The number of hydrogen-bond acceptors (Lipinski definition) is 6. The van der Waals surface area contributed by atoms with Crippen LogP contribution in [0.3, 0.4) is 0 Å². The van der Waals surface area contributed by atoms with Crippen LogP contribution in [0.1, 0.15) is 28.6 Å². The summed E-state index contributed by atoms with van der Waals surface area (Å²) in [4.78, 5) is 18.7. The number of benzene rings is 3. The van der Waals surface area contributed by atoms with E-state index in [-0.39, 0.29) is 11.2 Å². The van der Waals surface area contributed by atoms with Crippen molar-refractivity contribution in [1.29, 1.82) is 0 Å². The number of ether oxygens (including phenoxy) is 2. The van der Waals surface area contributed by atoms with Gasteiger partial charge in [0, 0.05) is 61.5 Å². The minimum Gasteiger partial charge on any atom is -0.497 e. The van der Waals surface area contributed by atoms with E-state index in [1.165, 1.54) is 11.1 Å². The lowest BCUT2D eigenvalue weighted by atomic mass is 9.96. The summed E-state index contributed by atoms with van der Waals surface area (Å²) in [7, 11) is 3.22. The fourth-order valence-corrected chi connectivity index (χ4v) is 5.47. The molecule has 9 nitrogen and oxygen atoms in total. The van der Waals surface area contributed by atoms with Gasteiger partial charge in [-0.15, -0.1) is 0 Å². The Labute approximate surface area is 258 Å². The van der Waals surface area contributed by atoms with E-state index in [0.717, 1.165) is 37.6 Å². The van der Waals surface area contributed by atoms with E-state index in [4.69, 9.17) is 26.7 Å². The molecule has 3 aromatic carbocycles.